The molecule has 1 aliphatic heterocycles. The van der Waals surface area contributed by atoms with Crippen LogP contribution in [0.3, 0.4) is 0 Å². The lowest BCUT2D eigenvalue weighted by Gasteiger charge is -2.27. The van der Waals surface area contributed by atoms with E-state index in [0.29, 0.717) is 42.3 Å². The van der Waals surface area contributed by atoms with E-state index < -0.39 is 10.0 Å². The van der Waals surface area contributed by atoms with Crippen molar-refractivity contribution in [3.05, 3.63) is 72.4 Å². The maximum atomic E-state index is 12.9. The van der Waals surface area contributed by atoms with Crippen LogP contribution in [0.1, 0.15) is 11.6 Å². The van der Waals surface area contributed by atoms with E-state index in [2.05, 4.69) is 29.9 Å². The summed E-state index contributed by atoms with van der Waals surface area (Å²) in [5.74, 6) is 1.88. The third-order valence-corrected chi connectivity index (χ3v) is 7.02. The SMILES string of the molecule is Cc1cc(Nc2ccc(NS(=O)(=O)c3ccc(-c4coc(C)n4)cc3)cc2)nc(N2CCOCC2)n1. The summed E-state index contributed by atoms with van der Waals surface area (Å²) in [6, 6.07) is 15.3. The molecule has 3 heterocycles. The Balaban J connectivity index is 1.26. The lowest BCUT2D eigenvalue weighted by atomic mass is 10.2. The number of aromatic nitrogens is 3. The molecule has 2 N–H and O–H groups in total. The van der Waals surface area contributed by atoms with Crippen LogP contribution >= 0.6 is 0 Å². The summed E-state index contributed by atoms with van der Waals surface area (Å²) in [7, 11) is -3.75. The van der Waals surface area contributed by atoms with E-state index in [1.165, 1.54) is 0 Å². The predicted molar refractivity (Wildman–Crippen MR) is 137 cm³/mol. The van der Waals surface area contributed by atoms with Crippen LogP contribution < -0.4 is 14.9 Å². The lowest BCUT2D eigenvalue weighted by Crippen LogP contribution is -2.37. The Bertz CT molecular complexity index is 1450. The molecule has 1 aliphatic rings. The van der Waals surface area contributed by atoms with Crippen molar-refractivity contribution in [3.63, 3.8) is 0 Å². The zero-order valence-corrected chi connectivity index (χ0v) is 20.7. The van der Waals surface area contributed by atoms with Gasteiger partial charge in [-0.1, -0.05) is 12.1 Å². The van der Waals surface area contributed by atoms with Crippen molar-refractivity contribution >= 4 is 33.2 Å². The maximum absolute atomic E-state index is 12.9. The average Bonchev–Trinajstić information content (AvgIpc) is 3.32. The molecule has 2 aromatic heterocycles. The second-order valence-electron chi connectivity index (χ2n) is 8.38. The van der Waals surface area contributed by atoms with E-state index in [1.54, 1.807) is 61.7 Å². The lowest BCUT2D eigenvalue weighted by molar-refractivity contribution is 0.122. The number of nitrogens with zero attached hydrogens (tertiary/aromatic N) is 4. The average molecular weight is 507 g/mol. The molecular formula is C25H26N6O4S. The summed E-state index contributed by atoms with van der Waals surface area (Å²) in [4.78, 5) is 15.7. The molecule has 1 saturated heterocycles. The largest absolute Gasteiger partial charge is 0.449 e. The molecule has 0 bridgehead atoms. The van der Waals surface area contributed by atoms with Gasteiger partial charge in [0.05, 0.1) is 18.1 Å². The van der Waals surface area contributed by atoms with Gasteiger partial charge >= 0.3 is 0 Å². The van der Waals surface area contributed by atoms with Crippen molar-refractivity contribution in [1.29, 1.82) is 0 Å². The van der Waals surface area contributed by atoms with Crippen LogP contribution in [-0.4, -0.2) is 49.7 Å². The number of ether oxygens (including phenoxy) is 1. The summed E-state index contributed by atoms with van der Waals surface area (Å²) in [6.45, 7) is 6.49. The maximum Gasteiger partial charge on any atom is 0.261 e. The van der Waals surface area contributed by atoms with Gasteiger partial charge in [-0.05, 0) is 43.3 Å². The van der Waals surface area contributed by atoms with Crippen LogP contribution in [0.4, 0.5) is 23.1 Å². The van der Waals surface area contributed by atoms with Crippen LogP contribution in [0.15, 0.2) is 70.2 Å². The standard InChI is InChI=1S/C25H26N6O4S/c1-17-15-24(29-25(26-17)31-11-13-34-14-12-31)28-20-5-7-21(8-6-20)30-36(32,33)22-9-3-19(4-10-22)23-16-35-18(2)27-23/h3-10,15-16,30H,11-14H2,1-2H3,(H,26,28,29). The number of rotatable bonds is 7. The summed E-state index contributed by atoms with van der Waals surface area (Å²) in [6.07, 6.45) is 1.54. The first-order valence-electron chi connectivity index (χ1n) is 11.5. The van der Waals surface area contributed by atoms with E-state index in [-0.39, 0.29) is 4.90 Å². The van der Waals surface area contributed by atoms with Gasteiger partial charge in [0.1, 0.15) is 17.8 Å². The molecule has 186 valence electrons. The molecule has 5 rings (SSSR count). The molecule has 11 heteroatoms. The van der Waals surface area contributed by atoms with Gasteiger partial charge in [-0.15, -0.1) is 0 Å². The third-order valence-electron chi connectivity index (χ3n) is 5.63. The van der Waals surface area contributed by atoms with Gasteiger partial charge in [0.15, 0.2) is 5.89 Å². The Morgan fingerprint density at radius 1 is 0.889 bits per heavy atom. The molecule has 0 spiro atoms. The zero-order valence-electron chi connectivity index (χ0n) is 19.9. The van der Waals surface area contributed by atoms with Crippen molar-refractivity contribution < 1.29 is 17.6 Å². The van der Waals surface area contributed by atoms with Crippen LogP contribution in [0.25, 0.3) is 11.3 Å². The Kier molecular flexibility index (Phi) is 6.57. The molecule has 0 aliphatic carbocycles. The number of nitrogens with one attached hydrogen (secondary N) is 2. The first-order chi connectivity index (χ1) is 17.4. The van der Waals surface area contributed by atoms with Gasteiger partial charge in [0, 0.05) is 48.7 Å². The minimum Gasteiger partial charge on any atom is -0.449 e. The van der Waals surface area contributed by atoms with Crippen LogP contribution in [0.2, 0.25) is 0 Å². The van der Waals surface area contributed by atoms with Crippen molar-refractivity contribution in [2.75, 3.05) is 41.2 Å². The number of hydrogen-bond acceptors (Lipinski definition) is 9. The van der Waals surface area contributed by atoms with Crippen molar-refractivity contribution in [2.45, 2.75) is 18.7 Å². The van der Waals surface area contributed by atoms with Crippen molar-refractivity contribution in [3.8, 4) is 11.3 Å². The summed E-state index contributed by atoms with van der Waals surface area (Å²) < 4.78 is 39.0. The molecular weight excluding hydrogens is 480 g/mol. The number of morpholine rings is 1. The number of sulfonamides is 1. The first kappa shape index (κ1) is 23.8. The van der Waals surface area contributed by atoms with Gasteiger partial charge < -0.3 is 19.4 Å². The topological polar surface area (TPSA) is 122 Å². The van der Waals surface area contributed by atoms with Gasteiger partial charge in [-0.2, -0.15) is 4.98 Å². The Morgan fingerprint density at radius 3 is 2.25 bits per heavy atom. The number of aryl methyl sites for hydroxylation is 2. The van der Waals surface area contributed by atoms with E-state index >= 15 is 0 Å². The van der Waals surface area contributed by atoms with Crippen LogP contribution in [0, 0.1) is 13.8 Å². The quantitative estimate of drug-likeness (QED) is 0.381. The number of oxazole rings is 1. The molecule has 10 nitrogen and oxygen atoms in total. The fraction of sp³-hybridized carbons (Fsp3) is 0.240. The molecule has 0 unspecified atom stereocenters. The summed E-state index contributed by atoms with van der Waals surface area (Å²) >= 11 is 0. The predicted octanol–water partition coefficient (Wildman–Crippen LogP) is 4.13. The molecule has 1 fully saturated rings. The smallest absolute Gasteiger partial charge is 0.261 e. The second kappa shape index (κ2) is 9.96. The highest BCUT2D eigenvalue weighted by Crippen LogP contribution is 2.24. The van der Waals surface area contributed by atoms with Crippen molar-refractivity contribution in [1.82, 2.24) is 15.0 Å². The number of hydrogen-bond donors (Lipinski definition) is 2. The zero-order chi connectivity index (χ0) is 25.1. The second-order valence-corrected chi connectivity index (χ2v) is 10.1. The van der Waals surface area contributed by atoms with Gasteiger partial charge in [0.25, 0.3) is 10.0 Å². The van der Waals surface area contributed by atoms with Gasteiger partial charge in [0.2, 0.25) is 5.95 Å². The molecule has 0 amide bonds. The van der Waals surface area contributed by atoms with E-state index in [4.69, 9.17) is 9.15 Å². The summed E-state index contributed by atoms with van der Waals surface area (Å²) in [5, 5.41) is 3.27. The molecule has 2 aromatic carbocycles. The molecule has 0 saturated carbocycles. The van der Waals surface area contributed by atoms with E-state index in [1.807, 2.05) is 13.0 Å². The molecule has 36 heavy (non-hydrogen) atoms. The Morgan fingerprint density at radius 2 is 1.58 bits per heavy atom. The fourth-order valence-electron chi connectivity index (χ4n) is 3.81. The monoisotopic (exact) mass is 506 g/mol. The fourth-order valence-corrected chi connectivity index (χ4v) is 4.86. The van der Waals surface area contributed by atoms with Crippen LogP contribution in [0.5, 0.6) is 0 Å². The van der Waals surface area contributed by atoms with E-state index in [0.717, 1.165) is 30.0 Å². The Labute approximate surface area is 209 Å². The van der Waals surface area contributed by atoms with Crippen molar-refractivity contribution in [2.24, 2.45) is 0 Å². The van der Waals surface area contributed by atoms with Crippen LogP contribution in [-0.2, 0) is 14.8 Å². The highest BCUT2D eigenvalue weighted by molar-refractivity contribution is 7.92. The summed E-state index contributed by atoms with van der Waals surface area (Å²) in [5.41, 5.74) is 3.50. The molecule has 0 atom stereocenters. The minimum atomic E-state index is -3.75. The van der Waals surface area contributed by atoms with Gasteiger partial charge in [-0.3, -0.25) is 4.72 Å². The Hall–Kier alpha value is -3.96. The highest BCUT2D eigenvalue weighted by atomic mass is 32.2. The van der Waals surface area contributed by atoms with Gasteiger partial charge in [-0.25, -0.2) is 18.4 Å². The number of anilines is 4. The number of benzene rings is 2. The normalized spacial score (nSPS) is 14.0. The van der Waals surface area contributed by atoms with E-state index in [9.17, 15) is 8.42 Å². The minimum absolute atomic E-state index is 0.153. The molecule has 4 aromatic rings. The first-order valence-corrected chi connectivity index (χ1v) is 12.9. The molecule has 0 radical (unpaired) electrons. The highest BCUT2D eigenvalue weighted by Gasteiger charge is 2.16. The third kappa shape index (κ3) is 5.47.